The Morgan fingerprint density at radius 3 is 2.47 bits per heavy atom. The van der Waals surface area contributed by atoms with Crippen molar-refractivity contribution >= 4 is 11.8 Å². The lowest BCUT2D eigenvalue weighted by atomic mass is 9.60. The fourth-order valence-corrected chi connectivity index (χ4v) is 3.09. The van der Waals surface area contributed by atoms with Crippen LogP contribution >= 0.6 is 0 Å². The maximum absolute atomic E-state index is 11.7. The molecule has 1 saturated carbocycles. The quantitative estimate of drug-likeness (QED) is 0.499. The summed E-state index contributed by atoms with van der Waals surface area (Å²) in [6, 6.07) is 1.11. The van der Waals surface area contributed by atoms with Crippen LogP contribution in [0.5, 0.6) is 0 Å². The predicted octanol–water partition coefficient (Wildman–Crippen LogP) is 1.02. The second-order valence-electron chi connectivity index (χ2n) is 4.74. The maximum atomic E-state index is 11.7. The Morgan fingerprint density at radius 2 is 1.94 bits per heavy atom. The van der Waals surface area contributed by atoms with Crippen molar-refractivity contribution in [3.05, 3.63) is 11.4 Å². The summed E-state index contributed by atoms with van der Waals surface area (Å²) >= 11 is 0. The fraction of sp³-hybridized carbons (Fsp3) is 0.667. The zero-order valence-electron chi connectivity index (χ0n) is 9.40. The zero-order chi connectivity index (χ0) is 12.5. The molecule has 88 valence electrons. The summed E-state index contributed by atoms with van der Waals surface area (Å²) in [7, 11) is 0. The van der Waals surface area contributed by atoms with Crippen LogP contribution in [0.2, 0.25) is 0 Å². The van der Waals surface area contributed by atoms with E-state index in [9.17, 15) is 9.59 Å². The molecule has 1 spiro atoms. The number of amides is 2. The average Bonchev–Trinajstić information content (AvgIpc) is 2.30. The number of nitrogens with zero attached hydrogens (tertiary/aromatic N) is 2. The molecule has 0 radical (unpaired) electrons. The first-order valence-corrected chi connectivity index (χ1v) is 5.76. The molecule has 1 aliphatic carbocycles. The summed E-state index contributed by atoms with van der Waals surface area (Å²) in [6.07, 6.45) is 4.05. The van der Waals surface area contributed by atoms with Crippen LogP contribution in [-0.2, 0) is 9.59 Å². The minimum absolute atomic E-state index is 0.528. The van der Waals surface area contributed by atoms with E-state index < -0.39 is 29.2 Å². The van der Waals surface area contributed by atoms with E-state index >= 15 is 0 Å². The molecule has 2 atom stereocenters. The van der Waals surface area contributed by atoms with Crippen LogP contribution < -0.4 is 5.32 Å². The third kappa shape index (κ3) is 1.59. The molecule has 0 aromatic carbocycles. The van der Waals surface area contributed by atoms with E-state index in [4.69, 9.17) is 11.8 Å². The lowest BCUT2D eigenvalue weighted by Gasteiger charge is -2.41. The summed E-state index contributed by atoms with van der Waals surface area (Å²) < 4.78 is 0. The molecule has 2 fully saturated rings. The van der Waals surface area contributed by atoms with E-state index in [0.717, 1.165) is 19.3 Å². The summed E-state index contributed by atoms with van der Waals surface area (Å²) in [5.41, 5.74) is -0.742. The second kappa shape index (κ2) is 4.18. The van der Waals surface area contributed by atoms with Gasteiger partial charge in [-0.2, -0.15) is 5.26 Å². The number of carbonyl (C=O) groups is 2. The van der Waals surface area contributed by atoms with Gasteiger partial charge < -0.3 is 4.85 Å². The number of rotatable bonds is 0. The van der Waals surface area contributed by atoms with Gasteiger partial charge in [0, 0.05) is 0 Å². The number of carbonyl (C=O) groups excluding carboxylic acids is 2. The Bertz CT molecular complexity index is 404. The van der Waals surface area contributed by atoms with E-state index in [-0.39, 0.29) is 0 Å². The molecule has 1 heterocycles. The van der Waals surface area contributed by atoms with Gasteiger partial charge in [0.2, 0.25) is 5.91 Å². The Morgan fingerprint density at radius 1 is 1.29 bits per heavy atom. The SMILES string of the molecule is [C-]#[N+]C1C(=O)NC(=O)C(C#N)C12CCCCC2. The van der Waals surface area contributed by atoms with Crippen LogP contribution in [0.25, 0.3) is 4.85 Å². The zero-order valence-corrected chi connectivity index (χ0v) is 9.40. The van der Waals surface area contributed by atoms with Crippen molar-refractivity contribution in [1.82, 2.24) is 5.32 Å². The van der Waals surface area contributed by atoms with Gasteiger partial charge in [-0.15, -0.1) is 0 Å². The first-order chi connectivity index (χ1) is 8.15. The Hall–Kier alpha value is -1.88. The Labute approximate surface area is 99.6 Å². The number of hydrogen-bond donors (Lipinski definition) is 1. The van der Waals surface area contributed by atoms with Gasteiger partial charge in [-0.05, 0) is 12.8 Å². The van der Waals surface area contributed by atoms with Gasteiger partial charge >= 0.3 is 11.9 Å². The van der Waals surface area contributed by atoms with E-state index in [1.165, 1.54) is 0 Å². The van der Waals surface area contributed by atoms with Gasteiger partial charge in [-0.25, -0.2) is 6.57 Å². The highest BCUT2D eigenvalue weighted by Gasteiger charge is 2.60. The van der Waals surface area contributed by atoms with Gasteiger partial charge in [0.1, 0.15) is 5.92 Å². The first kappa shape index (κ1) is 11.6. The van der Waals surface area contributed by atoms with E-state index in [1.54, 1.807) is 0 Å². The van der Waals surface area contributed by atoms with Crippen molar-refractivity contribution in [2.24, 2.45) is 11.3 Å². The van der Waals surface area contributed by atoms with Crippen LogP contribution in [0.1, 0.15) is 32.1 Å². The third-order valence-electron chi connectivity index (χ3n) is 3.92. The number of hydrogen-bond acceptors (Lipinski definition) is 3. The molecule has 5 heteroatoms. The largest absolute Gasteiger partial charge is 0.310 e. The number of nitriles is 1. The number of nitrogens with one attached hydrogen (secondary N) is 1. The van der Waals surface area contributed by atoms with Crippen molar-refractivity contribution < 1.29 is 9.59 Å². The summed E-state index contributed by atoms with van der Waals surface area (Å²) in [5.74, 6) is -1.92. The minimum atomic E-state index is -0.884. The van der Waals surface area contributed by atoms with E-state index in [0.29, 0.717) is 12.8 Å². The van der Waals surface area contributed by atoms with Crippen LogP contribution in [0, 0.1) is 29.2 Å². The van der Waals surface area contributed by atoms with E-state index in [1.807, 2.05) is 6.07 Å². The van der Waals surface area contributed by atoms with Crippen molar-refractivity contribution in [3.8, 4) is 6.07 Å². The van der Waals surface area contributed by atoms with Gasteiger partial charge in [0.05, 0.1) is 11.5 Å². The first-order valence-electron chi connectivity index (χ1n) is 5.76. The van der Waals surface area contributed by atoms with Crippen LogP contribution in [0.3, 0.4) is 0 Å². The Kier molecular flexibility index (Phi) is 2.85. The Balaban J connectivity index is 2.46. The smallest absolute Gasteiger partial charge is 0.302 e. The van der Waals surface area contributed by atoms with Gasteiger partial charge in [-0.1, -0.05) is 19.3 Å². The molecule has 2 aliphatic rings. The predicted molar refractivity (Wildman–Crippen MR) is 58.2 cm³/mol. The summed E-state index contributed by atoms with van der Waals surface area (Å²) in [4.78, 5) is 26.8. The van der Waals surface area contributed by atoms with Crippen molar-refractivity contribution in [3.63, 3.8) is 0 Å². The molecule has 2 unspecified atom stereocenters. The molecule has 0 bridgehead atoms. The molecule has 1 aliphatic heterocycles. The topological polar surface area (TPSA) is 74.3 Å². The molecule has 0 aromatic rings. The third-order valence-corrected chi connectivity index (χ3v) is 3.92. The highest BCUT2D eigenvalue weighted by molar-refractivity contribution is 6.04. The summed E-state index contributed by atoms with van der Waals surface area (Å²) in [6.45, 7) is 7.16. The molecule has 5 nitrogen and oxygen atoms in total. The monoisotopic (exact) mass is 231 g/mol. The molecule has 0 aromatic heterocycles. The van der Waals surface area contributed by atoms with Gasteiger partial charge in [0.15, 0.2) is 0 Å². The van der Waals surface area contributed by atoms with Gasteiger partial charge in [0.25, 0.3) is 0 Å². The van der Waals surface area contributed by atoms with Crippen molar-refractivity contribution in [2.45, 2.75) is 38.1 Å². The normalized spacial score (nSPS) is 31.4. The van der Waals surface area contributed by atoms with Crippen LogP contribution in [0.15, 0.2) is 0 Å². The number of piperidine rings is 1. The molecular formula is C12H13N3O2. The lowest BCUT2D eigenvalue weighted by Crippen LogP contribution is -2.60. The highest BCUT2D eigenvalue weighted by Crippen LogP contribution is 2.48. The fourth-order valence-electron chi connectivity index (χ4n) is 3.09. The lowest BCUT2D eigenvalue weighted by molar-refractivity contribution is -0.143. The van der Waals surface area contributed by atoms with Crippen LogP contribution in [0.4, 0.5) is 0 Å². The van der Waals surface area contributed by atoms with E-state index in [2.05, 4.69) is 10.2 Å². The molecule has 2 rings (SSSR count). The van der Waals surface area contributed by atoms with Gasteiger partial charge in [-0.3, -0.25) is 14.9 Å². The maximum Gasteiger partial charge on any atom is 0.310 e. The highest BCUT2D eigenvalue weighted by atomic mass is 16.2. The summed E-state index contributed by atoms with van der Waals surface area (Å²) in [5, 5.41) is 11.3. The number of imide groups is 1. The minimum Gasteiger partial charge on any atom is -0.302 e. The standard InChI is InChI=1S/C12H13N3O2/c1-14-9-11(17)15-10(16)8(7-13)12(9)5-3-2-4-6-12/h8-9H,2-6H2,(H,15,16,17). The molecule has 1 saturated heterocycles. The molecule has 2 amide bonds. The van der Waals surface area contributed by atoms with Crippen molar-refractivity contribution in [1.29, 1.82) is 5.26 Å². The molecular weight excluding hydrogens is 218 g/mol. The second-order valence-corrected chi connectivity index (χ2v) is 4.74. The molecule has 17 heavy (non-hydrogen) atoms. The average molecular weight is 231 g/mol. The van der Waals surface area contributed by atoms with Crippen LogP contribution in [-0.4, -0.2) is 17.9 Å². The molecule has 1 N–H and O–H groups in total. The van der Waals surface area contributed by atoms with Crippen molar-refractivity contribution in [2.75, 3.05) is 0 Å².